The van der Waals surface area contributed by atoms with Crippen molar-refractivity contribution in [2.75, 3.05) is 20.3 Å². The molecule has 0 fully saturated rings. The van der Waals surface area contributed by atoms with Gasteiger partial charge in [-0.3, -0.25) is 4.90 Å². The Bertz CT molecular complexity index is 1100. The second-order valence-corrected chi connectivity index (χ2v) is 9.15. The number of carbonyl (C=O) groups is 1. The maximum absolute atomic E-state index is 15.4. The van der Waals surface area contributed by atoms with Crippen LogP contribution in [-0.2, 0) is 16.0 Å². The van der Waals surface area contributed by atoms with Crippen LogP contribution >= 0.6 is 0 Å². The van der Waals surface area contributed by atoms with Crippen LogP contribution in [0.15, 0.2) is 36.4 Å². The molecule has 2 atom stereocenters. The van der Waals surface area contributed by atoms with E-state index in [0.717, 1.165) is 23.8 Å². The second-order valence-electron chi connectivity index (χ2n) is 9.15. The Balaban J connectivity index is 2.16. The number of nitrogens with one attached hydrogen (secondary N) is 1. The third kappa shape index (κ3) is 5.56. The number of esters is 1. The number of halogens is 3. The number of carbonyl (C=O) groups excluding carboxylic acids is 1. The molecular formula is C26H29F3N2O3. The standard InChI is InChI=1S/C26H29F3N2O3/c1-15-9-18-12-17(22(30)13-32)6-7-19(18)25(31(15)14-26(2,3)29)24-20(27)10-16(11-21(24)28)5-8-23(33)34-4/h5-8,10-12,15,25,30,32H,9,13-14H2,1-4H3/b8-5+,30-22?. The van der Waals surface area contributed by atoms with E-state index in [1.165, 1.54) is 27.0 Å². The predicted octanol–water partition coefficient (Wildman–Crippen LogP) is 4.60. The van der Waals surface area contributed by atoms with Gasteiger partial charge in [-0.05, 0) is 73.7 Å². The lowest BCUT2D eigenvalue weighted by Gasteiger charge is -2.44. The molecule has 0 spiro atoms. The van der Waals surface area contributed by atoms with Crippen LogP contribution in [0, 0.1) is 17.0 Å². The summed E-state index contributed by atoms with van der Waals surface area (Å²) in [5.74, 6) is -2.28. The molecule has 5 nitrogen and oxygen atoms in total. The Morgan fingerprint density at radius 1 is 1.26 bits per heavy atom. The van der Waals surface area contributed by atoms with Crippen LogP contribution in [0.25, 0.3) is 6.08 Å². The molecule has 0 saturated carbocycles. The van der Waals surface area contributed by atoms with Gasteiger partial charge < -0.3 is 15.3 Å². The fourth-order valence-electron chi connectivity index (χ4n) is 4.39. The minimum absolute atomic E-state index is 0.0402. The van der Waals surface area contributed by atoms with Crippen molar-refractivity contribution in [3.63, 3.8) is 0 Å². The third-order valence-electron chi connectivity index (χ3n) is 5.90. The lowest BCUT2D eigenvalue weighted by molar-refractivity contribution is -0.134. The van der Waals surface area contributed by atoms with Gasteiger partial charge in [0.05, 0.1) is 25.5 Å². The van der Waals surface area contributed by atoms with Crippen molar-refractivity contribution in [3.8, 4) is 0 Å². The molecule has 0 aliphatic carbocycles. The molecule has 0 radical (unpaired) electrons. The molecule has 1 heterocycles. The first-order valence-corrected chi connectivity index (χ1v) is 11.0. The summed E-state index contributed by atoms with van der Waals surface area (Å²) >= 11 is 0. The molecule has 0 bridgehead atoms. The van der Waals surface area contributed by atoms with Gasteiger partial charge in [0, 0.05) is 24.2 Å². The number of benzene rings is 2. The molecule has 0 saturated heterocycles. The van der Waals surface area contributed by atoms with Crippen molar-refractivity contribution in [1.82, 2.24) is 4.90 Å². The third-order valence-corrected chi connectivity index (χ3v) is 5.90. The van der Waals surface area contributed by atoms with Crippen LogP contribution < -0.4 is 0 Å². The highest BCUT2D eigenvalue weighted by Crippen LogP contribution is 2.41. The summed E-state index contributed by atoms with van der Waals surface area (Å²) < 4.78 is 50.1. The van der Waals surface area contributed by atoms with Crippen molar-refractivity contribution in [1.29, 1.82) is 5.41 Å². The predicted molar refractivity (Wildman–Crippen MR) is 125 cm³/mol. The van der Waals surface area contributed by atoms with Crippen LogP contribution in [0.1, 0.15) is 54.6 Å². The molecule has 2 unspecified atom stereocenters. The normalized spacial score (nSPS) is 18.7. The molecule has 0 aromatic heterocycles. The minimum atomic E-state index is -1.61. The van der Waals surface area contributed by atoms with Crippen LogP contribution in [0.4, 0.5) is 13.2 Å². The lowest BCUT2D eigenvalue weighted by atomic mass is 9.82. The van der Waals surface area contributed by atoms with Crippen molar-refractivity contribution in [2.45, 2.75) is 44.9 Å². The first-order chi connectivity index (χ1) is 15.9. The highest BCUT2D eigenvalue weighted by atomic mass is 19.1. The van der Waals surface area contributed by atoms with Gasteiger partial charge in [0.1, 0.15) is 17.3 Å². The van der Waals surface area contributed by atoms with E-state index in [1.54, 1.807) is 23.1 Å². The van der Waals surface area contributed by atoms with E-state index in [-0.39, 0.29) is 29.4 Å². The van der Waals surface area contributed by atoms with E-state index in [0.29, 0.717) is 17.5 Å². The molecule has 3 rings (SSSR count). The smallest absolute Gasteiger partial charge is 0.330 e. The Hall–Kier alpha value is -2.97. The van der Waals surface area contributed by atoms with Crippen molar-refractivity contribution in [3.05, 3.63) is 75.9 Å². The zero-order chi connectivity index (χ0) is 25.2. The maximum atomic E-state index is 15.4. The summed E-state index contributed by atoms with van der Waals surface area (Å²) in [6.07, 6.45) is 2.83. The van der Waals surface area contributed by atoms with Crippen molar-refractivity contribution < 1.29 is 27.8 Å². The SMILES string of the molecule is COC(=O)/C=C/c1cc(F)c(C2c3ccc(C(=N)CO)cc3CC(C)N2CC(C)(C)F)c(F)c1. The number of aliphatic hydroxyl groups excluding tert-OH is 1. The topological polar surface area (TPSA) is 73.6 Å². The lowest BCUT2D eigenvalue weighted by Crippen LogP contribution is -2.48. The van der Waals surface area contributed by atoms with Gasteiger partial charge in [-0.2, -0.15) is 0 Å². The molecule has 1 aliphatic heterocycles. The first-order valence-electron chi connectivity index (χ1n) is 11.0. The van der Waals surface area contributed by atoms with E-state index < -0.39 is 35.9 Å². The molecule has 1 aliphatic rings. The average molecular weight is 475 g/mol. The summed E-state index contributed by atoms with van der Waals surface area (Å²) in [4.78, 5) is 13.1. The molecule has 2 N–H and O–H groups in total. The Morgan fingerprint density at radius 3 is 2.47 bits per heavy atom. The van der Waals surface area contributed by atoms with Gasteiger partial charge in [-0.1, -0.05) is 12.1 Å². The van der Waals surface area contributed by atoms with Gasteiger partial charge in [0.25, 0.3) is 0 Å². The summed E-state index contributed by atoms with van der Waals surface area (Å²) in [6.45, 7) is 4.24. The number of nitrogens with zero attached hydrogens (tertiary/aromatic N) is 1. The molecule has 2 aromatic rings. The maximum Gasteiger partial charge on any atom is 0.330 e. The van der Waals surface area contributed by atoms with Crippen molar-refractivity contribution in [2.24, 2.45) is 0 Å². The number of aliphatic hydroxyl groups is 1. The molecule has 182 valence electrons. The largest absolute Gasteiger partial charge is 0.466 e. The van der Waals surface area contributed by atoms with Crippen molar-refractivity contribution >= 4 is 17.8 Å². The molecule has 8 heteroatoms. The highest BCUT2D eigenvalue weighted by Gasteiger charge is 2.39. The molecule has 34 heavy (non-hydrogen) atoms. The van der Waals surface area contributed by atoms with Gasteiger partial charge in [0.15, 0.2) is 0 Å². The summed E-state index contributed by atoms with van der Waals surface area (Å²) in [5.41, 5.74) is 0.296. The average Bonchev–Trinajstić information content (AvgIpc) is 2.77. The van der Waals surface area contributed by atoms with Gasteiger partial charge in [0.2, 0.25) is 0 Å². The number of alkyl halides is 1. The Labute approximate surface area is 197 Å². The van der Waals surface area contributed by atoms with Gasteiger partial charge >= 0.3 is 5.97 Å². The number of hydrogen-bond acceptors (Lipinski definition) is 5. The second kappa shape index (κ2) is 10.1. The van der Waals surface area contributed by atoms with Gasteiger partial charge in [-0.25, -0.2) is 18.0 Å². The number of ether oxygens (including phenoxy) is 1. The number of fused-ring (bicyclic) bond motifs is 1. The monoisotopic (exact) mass is 474 g/mol. The van der Waals surface area contributed by atoms with Crippen LogP contribution in [0.5, 0.6) is 0 Å². The van der Waals surface area contributed by atoms with E-state index in [9.17, 15) is 14.3 Å². The molecule has 2 aromatic carbocycles. The quantitative estimate of drug-likeness (QED) is 0.350. The van der Waals surface area contributed by atoms with Crippen LogP contribution in [0.2, 0.25) is 0 Å². The minimum Gasteiger partial charge on any atom is -0.466 e. The van der Waals surface area contributed by atoms with E-state index in [4.69, 9.17) is 5.41 Å². The summed E-state index contributed by atoms with van der Waals surface area (Å²) in [7, 11) is 1.20. The number of hydrogen-bond donors (Lipinski definition) is 2. The zero-order valence-corrected chi connectivity index (χ0v) is 19.7. The summed E-state index contributed by atoms with van der Waals surface area (Å²) in [5, 5.41) is 17.3. The van der Waals surface area contributed by atoms with Crippen LogP contribution in [0.3, 0.4) is 0 Å². The number of rotatable bonds is 7. The highest BCUT2D eigenvalue weighted by molar-refractivity contribution is 5.99. The first kappa shape index (κ1) is 25.6. The van der Waals surface area contributed by atoms with Gasteiger partial charge in [-0.15, -0.1) is 0 Å². The van der Waals surface area contributed by atoms with Crippen LogP contribution in [-0.4, -0.2) is 53.7 Å². The molecule has 0 amide bonds. The Kier molecular flexibility index (Phi) is 7.63. The summed E-state index contributed by atoms with van der Waals surface area (Å²) in [6, 6.07) is 6.18. The molecular weight excluding hydrogens is 445 g/mol. The fourth-order valence-corrected chi connectivity index (χ4v) is 4.39. The van der Waals surface area contributed by atoms with E-state index in [1.807, 2.05) is 6.92 Å². The zero-order valence-electron chi connectivity index (χ0n) is 19.7. The number of methoxy groups -OCH3 is 1. The van der Waals surface area contributed by atoms with E-state index >= 15 is 8.78 Å². The Morgan fingerprint density at radius 2 is 1.91 bits per heavy atom. The fraction of sp³-hybridized carbons (Fsp3) is 0.385. The van der Waals surface area contributed by atoms with E-state index in [2.05, 4.69) is 4.74 Å².